The van der Waals surface area contributed by atoms with E-state index in [1.807, 2.05) is 11.3 Å². The van der Waals surface area contributed by atoms with Gasteiger partial charge in [-0.25, -0.2) is 0 Å². The standard InChI is InChI=1S/C13H20BrNS3/c1-2-5-15-11(12-9-16-6-7-17-12)8-10-3-4-13(14)18-10/h3-4,11-12,15H,2,5-9H2,1H3. The largest absolute Gasteiger partial charge is 0.312 e. The topological polar surface area (TPSA) is 12.0 Å². The number of halogens is 1. The van der Waals surface area contributed by atoms with Crippen LogP contribution in [0.5, 0.6) is 0 Å². The molecule has 0 radical (unpaired) electrons. The molecule has 1 fully saturated rings. The maximum absolute atomic E-state index is 3.75. The lowest BCUT2D eigenvalue weighted by Gasteiger charge is -2.30. The molecule has 2 rings (SSSR count). The zero-order chi connectivity index (χ0) is 12.8. The molecule has 0 saturated carbocycles. The summed E-state index contributed by atoms with van der Waals surface area (Å²) in [6, 6.07) is 5.06. The molecule has 1 saturated heterocycles. The molecule has 2 unspecified atom stereocenters. The summed E-state index contributed by atoms with van der Waals surface area (Å²) in [5.74, 6) is 3.94. The molecule has 1 aromatic rings. The van der Waals surface area contributed by atoms with Gasteiger partial charge in [0.05, 0.1) is 3.79 Å². The van der Waals surface area contributed by atoms with Crippen LogP contribution in [0.2, 0.25) is 0 Å². The van der Waals surface area contributed by atoms with Gasteiger partial charge in [0.25, 0.3) is 0 Å². The van der Waals surface area contributed by atoms with Gasteiger partial charge in [-0.3, -0.25) is 0 Å². The molecule has 2 heterocycles. The average molecular weight is 366 g/mol. The van der Waals surface area contributed by atoms with Crippen molar-refractivity contribution in [1.82, 2.24) is 5.32 Å². The molecule has 0 aromatic carbocycles. The Morgan fingerprint density at radius 1 is 1.44 bits per heavy atom. The zero-order valence-electron chi connectivity index (χ0n) is 10.7. The Balaban J connectivity index is 1.94. The van der Waals surface area contributed by atoms with Crippen LogP contribution in [0.1, 0.15) is 18.2 Å². The Morgan fingerprint density at radius 2 is 2.33 bits per heavy atom. The highest BCUT2D eigenvalue weighted by Gasteiger charge is 2.24. The first-order valence-electron chi connectivity index (χ1n) is 6.46. The van der Waals surface area contributed by atoms with Crippen molar-refractivity contribution in [2.45, 2.75) is 31.1 Å². The molecule has 102 valence electrons. The first-order valence-corrected chi connectivity index (χ1v) is 10.3. The van der Waals surface area contributed by atoms with Gasteiger partial charge in [-0.1, -0.05) is 6.92 Å². The first-order chi connectivity index (χ1) is 8.79. The Morgan fingerprint density at radius 3 is 2.94 bits per heavy atom. The smallest absolute Gasteiger partial charge is 0.0701 e. The fraction of sp³-hybridized carbons (Fsp3) is 0.692. The minimum absolute atomic E-state index is 0.633. The SMILES string of the molecule is CCCNC(Cc1ccc(Br)s1)C1CSCCS1. The van der Waals surface area contributed by atoms with Gasteiger partial charge >= 0.3 is 0 Å². The van der Waals surface area contributed by atoms with Crippen LogP contribution in [0, 0.1) is 0 Å². The van der Waals surface area contributed by atoms with Crippen LogP contribution < -0.4 is 5.32 Å². The second-order valence-corrected chi connectivity index (χ2v) is 9.50. The molecule has 0 bridgehead atoms. The third-order valence-corrected chi connectivity index (χ3v) is 7.56. The van der Waals surface area contributed by atoms with Gasteiger partial charge in [-0.2, -0.15) is 23.5 Å². The van der Waals surface area contributed by atoms with Gasteiger partial charge in [-0.05, 0) is 47.4 Å². The minimum Gasteiger partial charge on any atom is -0.312 e. The van der Waals surface area contributed by atoms with Gasteiger partial charge in [0.2, 0.25) is 0 Å². The van der Waals surface area contributed by atoms with Crippen LogP contribution in [0.3, 0.4) is 0 Å². The molecule has 1 aliphatic rings. The molecule has 18 heavy (non-hydrogen) atoms. The summed E-state index contributed by atoms with van der Waals surface area (Å²) >= 11 is 9.70. The lowest BCUT2D eigenvalue weighted by Crippen LogP contribution is -2.42. The molecule has 1 N–H and O–H groups in total. The highest BCUT2D eigenvalue weighted by Crippen LogP contribution is 2.30. The Labute approximate surface area is 131 Å². The van der Waals surface area contributed by atoms with Crippen molar-refractivity contribution in [2.75, 3.05) is 23.8 Å². The summed E-state index contributed by atoms with van der Waals surface area (Å²) in [4.78, 5) is 1.49. The number of hydrogen-bond donors (Lipinski definition) is 1. The lowest BCUT2D eigenvalue weighted by atomic mass is 10.1. The third kappa shape index (κ3) is 4.75. The van der Waals surface area contributed by atoms with Crippen molar-refractivity contribution < 1.29 is 0 Å². The molecular weight excluding hydrogens is 346 g/mol. The van der Waals surface area contributed by atoms with Crippen LogP contribution in [-0.2, 0) is 6.42 Å². The first kappa shape index (κ1) is 15.2. The number of thiophene rings is 1. The summed E-state index contributed by atoms with van der Waals surface area (Å²) in [5, 5.41) is 4.53. The highest BCUT2D eigenvalue weighted by atomic mass is 79.9. The zero-order valence-corrected chi connectivity index (χ0v) is 14.7. The van der Waals surface area contributed by atoms with Gasteiger partial charge in [0.1, 0.15) is 0 Å². The van der Waals surface area contributed by atoms with E-state index in [2.05, 4.69) is 63.8 Å². The van der Waals surface area contributed by atoms with Crippen molar-refractivity contribution in [3.63, 3.8) is 0 Å². The van der Waals surface area contributed by atoms with Crippen LogP contribution in [0.15, 0.2) is 15.9 Å². The van der Waals surface area contributed by atoms with Crippen LogP contribution in [-0.4, -0.2) is 35.1 Å². The molecule has 5 heteroatoms. The van der Waals surface area contributed by atoms with E-state index in [9.17, 15) is 0 Å². The lowest BCUT2D eigenvalue weighted by molar-refractivity contribution is 0.508. The van der Waals surface area contributed by atoms with E-state index >= 15 is 0 Å². The van der Waals surface area contributed by atoms with E-state index in [-0.39, 0.29) is 0 Å². The second kappa shape index (κ2) is 8.20. The number of thioether (sulfide) groups is 2. The van der Waals surface area contributed by atoms with Crippen LogP contribution in [0.4, 0.5) is 0 Å². The summed E-state index contributed by atoms with van der Waals surface area (Å²) < 4.78 is 1.25. The van der Waals surface area contributed by atoms with E-state index in [0.29, 0.717) is 6.04 Å². The maximum atomic E-state index is 3.75. The number of rotatable bonds is 6. The van der Waals surface area contributed by atoms with Crippen LogP contribution in [0.25, 0.3) is 0 Å². The van der Waals surface area contributed by atoms with Gasteiger partial charge in [0, 0.05) is 33.4 Å². The molecular formula is C13H20BrNS3. The summed E-state index contributed by atoms with van der Waals surface area (Å²) in [6.45, 7) is 3.38. The van der Waals surface area contributed by atoms with E-state index in [1.165, 1.54) is 38.8 Å². The van der Waals surface area contributed by atoms with Gasteiger partial charge < -0.3 is 5.32 Å². The van der Waals surface area contributed by atoms with Crippen LogP contribution >= 0.6 is 50.8 Å². The molecule has 1 aromatic heterocycles. The Hall–Kier alpha value is 0.840. The predicted molar refractivity (Wildman–Crippen MR) is 91.4 cm³/mol. The molecule has 1 aliphatic heterocycles. The normalized spacial score (nSPS) is 22.0. The Kier molecular flexibility index (Phi) is 6.94. The Bertz CT molecular complexity index is 350. The van der Waals surface area contributed by atoms with Crippen molar-refractivity contribution in [1.29, 1.82) is 0 Å². The second-order valence-electron chi connectivity index (χ2n) is 4.45. The summed E-state index contributed by atoms with van der Waals surface area (Å²) in [6.07, 6.45) is 2.39. The van der Waals surface area contributed by atoms with E-state index in [1.54, 1.807) is 0 Å². The molecule has 1 nitrogen and oxygen atoms in total. The van der Waals surface area contributed by atoms with E-state index in [0.717, 1.165) is 11.8 Å². The minimum atomic E-state index is 0.633. The van der Waals surface area contributed by atoms with Crippen molar-refractivity contribution in [3.8, 4) is 0 Å². The maximum Gasteiger partial charge on any atom is 0.0701 e. The fourth-order valence-corrected chi connectivity index (χ4v) is 6.51. The monoisotopic (exact) mass is 365 g/mol. The molecule has 0 amide bonds. The molecule has 2 atom stereocenters. The predicted octanol–water partition coefficient (Wildman–Crippen LogP) is 4.27. The molecule has 0 aliphatic carbocycles. The summed E-state index contributed by atoms with van der Waals surface area (Å²) in [7, 11) is 0. The van der Waals surface area contributed by atoms with E-state index < -0.39 is 0 Å². The summed E-state index contributed by atoms with van der Waals surface area (Å²) in [5.41, 5.74) is 0. The van der Waals surface area contributed by atoms with Crippen molar-refractivity contribution in [2.24, 2.45) is 0 Å². The van der Waals surface area contributed by atoms with Gasteiger partial charge in [-0.15, -0.1) is 11.3 Å². The highest BCUT2D eigenvalue weighted by molar-refractivity contribution is 9.11. The third-order valence-electron chi connectivity index (χ3n) is 3.00. The van der Waals surface area contributed by atoms with Crippen molar-refractivity contribution >= 4 is 50.8 Å². The molecule has 0 spiro atoms. The number of hydrogen-bond acceptors (Lipinski definition) is 4. The average Bonchev–Trinajstić information content (AvgIpc) is 2.81. The van der Waals surface area contributed by atoms with Crippen molar-refractivity contribution in [3.05, 3.63) is 20.8 Å². The van der Waals surface area contributed by atoms with Gasteiger partial charge in [0.15, 0.2) is 0 Å². The fourth-order valence-electron chi connectivity index (χ4n) is 2.08. The van der Waals surface area contributed by atoms with E-state index in [4.69, 9.17) is 0 Å². The quantitative estimate of drug-likeness (QED) is 0.808. The number of nitrogens with one attached hydrogen (secondary N) is 1.